The molecule has 1 aromatic carbocycles. The first-order chi connectivity index (χ1) is 8.78. The monoisotopic (exact) mass is 248 g/mol. The zero-order chi connectivity index (χ0) is 12.8. The van der Waals surface area contributed by atoms with Crippen LogP contribution in [0.15, 0.2) is 30.3 Å². The highest BCUT2D eigenvalue weighted by Gasteiger charge is 2.22. The molecule has 4 heteroatoms. The molecule has 0 bridgehead atoms. The van der Waals surface area contributed by atoms with E-state index in [0.29, 0.717) is 19.0 Å². The Morgan fingerprint density at radius 2 is 2.17 bits per heavy atom. The Labute approximate surface area is 108 Å². The SMILES string of the molecule is O=C(CN1CCC(CO)C1)NCc1ccccc1. The van der Waals surface area contributed by atoms with Gasteiger partial charge >= 0.3 is 0 Å². The number of amides is 1. The first-order valence-corrected chi connectivity index (χ1v) is 6.42. The van der Waals surface area contributed by atoms with Crippen molar-refractivity contribution in [2.75, 3.05) is 26.2 Å². The number of likely N-dealkylation sites (tertiary alicyclic amines) is 1. The average molecular weight is 248 g/mol. The molecule has 98 valence electrons. The molecular weight excluding hydrogens is 228 g/mol. The van der Waals surface area contributed by atoms with Gasteiger partial charge in [-0.3, -0.25) is 9.69 Å². The van der Waals surface area contributed by atoms with Crippen LogP contribution >= 0.6 is 0 Å². The van der Waals surface area contributed by atoms with Crippen LogP contribution < -0.4 is 5.32 Å². The summed E-state index contributed by atoms with van der Waals surface area (Å²) in [7, 11) is 0. The van der Waals surface area contributed by atoms with Crippen LogP contribution in [0.4, 0.5) is 0 Å². The van der Waals surface area contributed by atoms with Gasteiger partial charge in [0.2, 0.25) is 5.91 Å². The number of hydrogen-bond donors (Lipinski definition) is 2. The van der Waals surface area contributed by atoms with Gasteiger partial charge in [-0.05, 0) is 24.4 Å². The quantitative estimate of drug-likeness (QED) is 0.803. The summed E-state index contributed by atoms with van der Waals surface area (Å²) in [6.45, 7) is 2.97. The van der Waals surface area contributed by atoms with Gasteiger partial charge in [0.25, 0.3) is 0 Å². The molecule has 0 spiro atoms. The highest BCUT2D eigenvalue weighted by atomic mass is 16.3. The topological polar surface area (TPSA) is 52.6 Å². The largest absolute Gasteiger partial charge is 0.396 e. The van der Waals surface area contributed by atoms with E-state index in [4.69, 9.17) is 5.11 Å². The number of benzene rings is 1. The predicted molar refractivity (Wildman–Crippen MR) is 69.9 cm³/mol. The van der Waals surface area contributed by atoms with Gasteiger partial charge in [-0.25, -0.2) is 0 Å². The molecule has 18 heavy (non-hydrogen) atoms. The summed E-state index contributed by atoms with van der Waals surface area (Å²) >= 11 is 0. The second kappa shape index (κ2) is 6.52. The lowest BCUT2D eigenvalue weighted by atomic mass is 10.1. The second-order valence-corrected chi connectivity index (χ2v) is 4.83. The van der Waals surface area contributed by atoms with Gasteiger partial charge in [-0.2, -0.15) is 0 Å². The number of aliphatic hydroxyl groups excluding tert-OH is 1. The van der Waals surface area contributed by atoms with Crippen LogP contribution in [-0.2, 0) is 11.3 Å². The van der Waals surface area contributed by atoms with E-state index in [1.165, 1.54) is 0 Å². The summed E-state index contributed by atoms with van der Waals surface area (Å²) < 4.78 is 0. The average Bonchev–Trinajstić information content (AvgIpc) is 2.85. The standard InChI is InChI=1S/C14H20N2O2/c17-11-13-6-7-16(9-13)10-14(18)15-8-12-4-2-1-3-5-12/h1-5,13,17H,6-11H2,(H,15,18). The molecule has 0 radical (unpaired) electrons. The van der Waals surface area contributed by atoms with Crippen LogP contribution in [0.5, 0.6) is 0 Å². The van der Waals surface area contributed by atoms with Gasteiger partial charge in [0.15, 0.2) is 0 Å². The molecule has 0 aromatic heterocycles. The highest BCUT2D eigenvalue weighted by molar-refractivity contribution is 5.78. The number of aliphatic hydroxyl groups is 1. The zero-order valence-corrected chi connectivity index (χ0v) is 10.5. The third-order valence-corrected chi connectivity index (χ3v) is 3.33. The van der Waals surface area contributed by atoms with E-state index in [0.717, 1.165) is 25.1 Å². The van der Waals surface area contributed by atoms with Gasteiger partial charge in [0.05, 0.1) is 6.54 Å². The molecule has 1 amide bonds. The van der Waals surface area contributed by atoms with Crippen LogP contribution in [0.1, 0.15) is 12.0 Å². The Morgan fingerprint density at radius 3 is 2.83 bits per heavy atom. The van der Waals surface area contributed by atoms with E-state index in [9.17, 15) is 4.79 Å². The Morgan fingerprint density at radius 1 is 1.39 bits per heavy atom. The summed E-state index contributed by atoms with van der Waals surface area (Å²) in [5.41, 5.74) is 1.11. The number of rotatable bonds is 5. The third-order valence-electron chi connectivity index (χ3n) is 3.33. The molecule has 2 rings (SSSR count). The summed E-state index contributed by atoms with van der Waals surface area (Å²) in [6.07, 6.45) is 0.989. The Bertz CT molecular complexity index is 381. The van der Waals surface area contributed by atoms with E-state index in [-0.39, 0.29) is 12.5 Å². The summed E-state index contributed by atoms with van der Waals surface area (Å²) in [5, 5.41) is 12.0. The van der Waals surface area contributed by atoms with E-state index in [1.54, 1.807) is 0 Å². The lowest BCUT2D eigenvalue weighted by Crippen LogP contribution is -2.35. The Kier molecular flexibility index (Phi) is 4.73. The minimum atomic E-state index is 0.0532. The summed E-state index contributed by atoms with van der Waals surface area (Å²) in [4.78, 5) is 13.9. The maximum atomic E-state index is 11.8. The first-order valence-electron chi connectivity index (χ1n) is 6.42. The molecule has 1 heterocycles. The minimum absolute atomic E-state index is 0.0532. The van der Waals surface area contributed by atoms with E-state index in [2.05, 4.69) is 10.2 Å². The number of nitrogens with one attached hydrogen (secondary N) is 1. The molecule has 1 aromatic rings. The molecule has 0 aliphatic carbocycles. The van der Waals surface area contributed by atoms with Crippen LogP contribution in [0, 0.1) is 5.92 Å². The van der Waals surface area contributed by atoms with Crippen LogP contribution in [0.3, 0.4) is 0 Å². The third kappa shape index (κ3) is 3.82. The molecule has 1 atom stereocenters. The molecule has 1 saturated heterocycles. The fourth-order valence-corrected chi connectivity index (χ4v) is 2.26. The van der Waals surface area contributed by atoms with Gasteiger partial charge in [-0.15, -0.1) is 0 Å². The number of carbonyl (C=O) groups is 1. The molecule has 1 unspecified atom stereocenters. The van der Waals surface area contributed by atoms with Crippen molar-refractivity contribution < 1.29 is 9.90 Å². The van der Waals surface area contributed by atoms with Crippen molar-refractivity contribution in [2.45, 2.75) is 13.0 Å². The van der Waals surface area contributed by atoms with Gasteiger partial charge < -0.3 is 10.4 Å². The minimum Gasteiger partial charge on any atom is -0.396 e. The van der Waals surface area contributed by atoms with Gasteiger partial charge in [0.1, 0.15) is 0 Å². The Balaban J connectivity index is 1.70. The molecule has 2 N–H and O–H groups in total. The smallest absolute Gasteiger partial charge is 0.234 e. The van der Waals surface area contributed by atoms with Crippen LogP contribution in [0.2, 0.25) is 0 Å². The van der Waals surface area contributed by atoms with E-state index >= 15 is 0 Å². The summed E-state index contributed by atoms with van der Waals surface area (Å²) in [5.74, 6) is 0.393. The molecule has 4 nitrogen and oxygen atoms in total. The molecule has 1 aliphatic rings. The lowest BCUT2D eigenvalue weighted by molar-refractivity contribution is -0.122. The van der Waals surface area contributed by atoms with E-state index in [1.807, 2.05) is 30.3 Å². The maximum Gasteiger partial charge on any atom is 0.234 e. The molecule has 1 aliphatic heterocycles. The Hall–Kier alpha value is -1.39. The van der Waals surface area contributed by atoms with Crippen molar-refractivity contribution in [2.24, 2.45) is 5.92 Å². The van der Waals surface area contributed by atoms with Crippen LogP contribution in [-0.4, -0.2) is 42.2 Å². The van der Waals surface area contributed by atoms with Crippen molar-refractivity contribution in [1.29, 1.82) is 0 Å². The second-order valence-electron chi connectivity index (χ2n) is 4.83. The van der Waals surface area contributed by atoms with Crippen molar-refractivity contribution in [1.82, 2.24) is 10.2 Å². The van der Waals surface area contributed by atoms with Crippen molar-refractivity contribution in [3.8, 4) is 0 Å². The number of nitrogens with zero attached hydrogens (tertiary/aromatic N) is 1. The number of hydrogen-bond acceptors (Lipinski definition) is 3. The van der Waals surface area contributed by atoms with Crippen molar-refractivity contribution in [3.05, 3.63) is 35.9 Å². The molecule has 1 fully saturated rings. The highest BCUT2D eigenvalue weighted by Crippen LogP contribution is 2.14. The van der Waals surface area contributed by atoms with Crippen LogP contribution in [0.25, 0.3) is 0 Å². The normalized spacial score (nSPS) is 19.9. The van der Waals surface area contributed by atoms with Gasteiger partial charge in [0, 0.05) is 19.7 Å². The van der Waals surface area contributed by atoms with Crippen molar-refractivity contribution in [3.63, 3.8) is 0 Å². The van der Waals surface area contributed by atoms with E-state index < -0.39 is 0 Å². The fourth-order valence-electron chi connectivity index (χ4n) is 2.26. The van der Waals surface area contributed by atoms with Gasteiger partial charge in [-0.1, -0.05) is 30.3 Å². The predicted octanol–water partition coefficient (Wildman–Crippen LogP) is 0.617. The number of carbonyl (C=O) groups excluding carboxylic acids is 1. The fraction of sp³-hybridized carbons (Fsp3) is 0.500. The maximum absolute atomic E-state index is 11.8. The summed E-state index contributed by atoms with van der Waals surface area (Å²) in [6, 6.07) is 9.89. The zero-order valence-electron chi connectivity index (χ0n) is 10.5. The molecule has 0 saturated carbocycles. The van der Waals surface area contributed by atoms with Crippen molar-refractivity contribution >= 4 is 5.91 Å². The first kappa shape index (κ1) is 13.1. The lowest BCUT2D eigenvalue weighted by Gasteiger charge is -2.15. The molecular formula is C14H20N2O2.